The zero-order valence-electron chi connectivity index (χ0n) is 11.2. The maximum atomic E-state index is 5.45. The highest BCUT2D eigenvalue weighted by Crippen LogP contribution is 2.25. The lowest BCUT2D eigenvalue weighted by molar-refractivity contribution is -0.00542. The first-order valence-corrected chi connectivity index (χ1v) is 5.66. The van der Waals surface area contributed by atoms with Crippen LogP contribution < -0.4 is 0 Å². The first-order valence-electron chi connectivity index (χ1n) is 5.66. The Morgan fingerprint density at radius 3 is 1.88 bits per heavy atom. The second kappa shape index (κ2) is 4.98. The summed E-state index contributed by atoms with van der Waals surface area (Å²) in [6.45, 7) is 6.67. The molecule has 0 saturated heterocycles. The predicted molar refractivity (Wildman–Crippen MR) is 68.6 cm³/mol. The summed E-state index contributed by atoms with van der Waals surface area (Å²) in [4.78, 5) is 2.06. The number of rotatable bonds is 3. The van der Waals surface area contributed by atoms with Gasteiger partial charge >= 0.3 is 0 Å². The minimum Gasteiger partial charge on any atom is -0.362 e. The summed E-state index contributed by atoms with van der Waals surface area (Å²) in [7, 11) is 5.78. The molecule has 0 N–H and O–H groups in total. The highest BCUT2D eigenvalue weighted by molar-refractivity contribution is 5.28. The van der Waals surface area contributed by atoms with Crippen LogP contribution in [0.2, 0.25) is 0 Å². The molecule has 0 fully saturated rings. The van der Waals surface area contributed by atoms with Crippen molar-refractivity contribution in [2.45, 2.75) is 32.4 Å². The van der Waals surface area contributed by atoms with Crippen LogP contribution in [0.5, 0.6) is 0 Å². The van der Waals surface area contributed by atoms with Gasteiger partial charge in [0.05, 0.1) is 0 Å². The third-order valence-electron chi connectivity index (χ3n) is 2.75. The average molecular weight is 221 g/mol. The zero-order valence-corrected chi connectivity index (χ0v) is 11.2. The summed E-state index contributed by atoms with van der Waals surface area (Å²) < 4.78 is 5.45. The molecule has 0 bridgehead atoms. The molecule has 16 heavy (non-hydrogen) atoms. The molecule has 0 saturated carbocycles. The fourth-order valence-corrected chi connectivity index (χ4v) is 1.79. The van der Waals surface area contributed by atoms with Crippen LogP contribution in [0.3, 0.4) is 0 Å². The molecule has 0 radical (unpaired) electrons. The average Bonchev–Trinajstić information content (AvgIpc) is 2.17. The fourth-order valence-electron chi connectivity index (χ4n) is 1.79. The molecular formula is C14H23NO. The zero-order chi connectivity index (χ0) is 12.3. The normalized spacial score (nSPS) is 14.2. The van der Waals surface area contributed by atoms with Crippen molar-refractivity contribution < 1.29 is 4.74 Å². The van der Waals surface area contributed by atoms with Gasteiger partial charge in [0.1, 0.15) is 6.23 Å². The van der Waals surface area contributed by atoms with Crippen molar-refractivity contribution in [1.29, 1.82) is 0 Å². The van der Waals surface area contributed by atoms with Gasteiger partial charge in [-0.1, -0.05) is 45.0 Å². The Labute approximate surface area is 99.2 Å². The minimum atomic E-state index is 0.0361. The summed E-state index contributed by atoms with van der Waals surface area (Å²) >= 11 is 0. The second-order valence-corrected chi connectivity index (χ2v) is 5.42. The van der Waals surface area contributed by atoms with E-state index >= 15 is 0 Å². The Kier molecular flexibility index (Phi) is 4.11. The van der Waals surface area contributed by atoms with Crippen LogP contribution in [0.25, 0.3) is 0 Å². The van der Waals surface area contributed by atoms with E-state index in [1.807, 2.05) is 14.1 Å². The van der Waals surface area contributed by atoms with Crippen molar-refractivity contribution in [3.8, 4) is 0 Å². The SMILES string of the molecule is COC(c1ccc(C(C)(C)C)cc1)N(C)C. The Morgan fingerprint density at radius 1 is 1.06 bits per heavy atom. The highest BCUT2D eigenvalue weighted by atomic mass is 16.5. The Balaban J connectivity index is 2.94. The standard InChI is InChI=1S/C14H23NO/c1-14(2,3)12-9-7-11(8-10-12)13(16-6)15(4)5/h7-10,13H,1-6H3. The van der Waals surface area contributed by atoms with Gasteiger partial charge in [0.2, 0.25) is 0 Å². The van der Waals surface area contributed by atoms with E-state index in [0.717, 1.165) is 0 Å². The first kappa shape index (κ1) is 13.2. The molecule has 0 aliphatic rings. The number of nitrogens with zero attached hydrogens (tertiary/aromatic N) is 1. The van der Waals surface area contributed by atoms with E-state index in [9.17, 15) is 0 Å². The molecule has 90 valence electrons. The van der Waals surface area contributed by atoms with Gasteiger partial charge in [0, 0.05) is 7.11 Å². The topological polar surface area (TPSA) is 12.5 Å². The van der Waals surface area contributed by atoms with Crippen LogP contribution in [-0.4, -0.2) is 26.1 Å². The molecule has 1 aromatic rings. The van der Waals surface area contributed by atoms with Gasteiger partial charge in [-0.05, 0) is 30.6 Å². The molecular weight excluding hydrogens is 198 g/mol. The Morgan fingerprint density at radius 2 is 1.56 bits per heavy atom. The van der Waals surface area contributed by atoms with E-state index in [0.29, 0.717) is 0 Å². The van der Waals surface area contributed by atoms with E-state index in [-0.39, 0.29) is 11.6 Å². The third-order valence-corrected chi connectivity index (χ3v) is 2.75. The summed E-state index contributed by atoms with van der Waals surface area (Å²) in [6, 6.07) is 8.67. The van der Waals surface area contributed by atoms with E-state index in [1.165, 1.54) is 11.1 Å². The summed E-state index contributed by atoms with van der Waals surface area (Å²) in [6.07, 6.45) is 0.0361. The summed E-state index contributed by atoms with van der Waals surface area (Å²) in [5, 5.41) is 0. The molecule has 1 rings (SSSR count). The molecule has 2 heteroatoms. The van der Waals surface area contributed by atoms with Crippen molar-refractivity contribution in [3.63, 3.8) is 0 Å². The second-order valence-electron chi connectivity index (χ2n) is 5.42. The Bertz CT molecular complexity index is 322. The molecule has 0 amide bonds. The maximum Gasteiger partial charge on any atom is 0.135 e. The van der Waals surface area contributed by atoms with Gasteiger partial charge < -0.3 is 4.74 Å². The lowest BCUT2D eigenvalue weighted by atomic mass is 9.86. The van der Waals surface area contributed by atoms with Crippen LogP contribution in [0.15, 0.2) is 24.3 Å². The molecule has 0 aromatic heterocycles. The number of hydrogen-bond donors (Lipinski definition) is 0. The molecule has 1 unspecified atom stereocenters. The smallest absolute Gasteiger partial charge is 0.135 e. The highest BCUT2D eigenvalue weighted by Gasteiger charge is 2.16. The quantitative estimate of drug-likeness (QED) is 0.727. The van der Waals surface area contributed by atoms with E-state index in [2.05, 4.69) is 49.9 Å². The summed E-state index contributed by atoms with van der Waals surface area (Å²) in [5.41, 5.74) is 2.75. The maximum absolute atomic E-state index is 5.45. The van der Waals surface area contributed by atoms with E-state index in [4.69, 9.17) is 4.74 Å². The van der Waals surface area contributed by atoms with Gasteiger partial charge in [-0.2, -0.15) is 0 Å². The lowest BCUT2D eigenvalue weighted by Gasteiger charge is -2.24. The van der Waals surface area contributed by atoms with E-state index in [1.54, 1.807) is 7.11 Å². The van der Waals surface area contributed by atoms with Crippen molar-refractivity contribution in [2.75, 3.05) is 21.2 Å². The van der Waals surface area contributed by atoms with Crippen LogP contribution in [0, 0.1) is 0 Å². The molecule has 1 atom stereocenters. The van der Waals surface area contributed by atoms with Gasteiger partial charge in [0.15, 0.2) is 0 Å². The fraction of sp³-hybridized carbons (Fsp3) is 0.571. The van der Waals surface area contributed by atoms with Crippen molar-refractivity contribution in [1.82, 2.24) is 4.90 Å². The van der Waals surface area contributed by atoms with Crippen LogP contribution in [0.4, 0.5) is 0 Å². The van der Waals surface area contributed by atoms with Gasteiger partial charge in [0.25, 0.3) is 0 Å². The first-order chi connectivity index (χ1) is 7.36. The molecule has 1 aromatic carbocycles. The van der Waals surface area contributed by atoms with E-state index < -0.39 is 0 Å². The van der Waals surface area contributed by atoms with Gasteiger partial charge in [-0.3, -0.25) is 4.90 Å². The van der Waals surface area contributed by atoms with Crippen LogP contribution in [-0.2, 0) is 10.2 Å². The number of methoxy groups -OCH3 is 1. The monoisotopic (exact) mass is 221 g/mol. The van der Waals surface area contributed by atoms with Crippen molar-refractivity contribution in [2.24, 2.45) is 0 Å². The van der Waals surface area contributed by atoms with Gasteiger partial charge in [-0.15, -0.1) is 0 Å². The molecule has 0 heterocycles. The van der Waals surface area contributed by atoms with Gasteiger partial charge in [-0.25, -0.2) is 0 Å². The Hall–Kier alpha value is -0.860. The lowest BCUT2D eigenvalue weighted by Crippen LogP contribution is -2.21. The number of ether oxygens (including phenoxy) is 1. The largest absolute Gasteiger partial charge is 0.362 e. The molecule has 2 nitrogen and oxygen atoms in total. The molecule has 0 aliphatic carbocycles. The van der Waals surface area contributed by atoms with Crippen molar-refractivity contribution >= 4 is 0 Å². The summed E-state index contributed by atoms with van der Waals surface area (Å²) in [5.74, 6) is 0. The van der Waals surface area contributed by atoms with Crippen molar-refractivity contribution in [3.05, 3.63) is 35.4 Å². The number of benzene rings is 1. The van der Waals surface area contributed by atoms with Crippen LogP contribution >= 0.6 is 0 Å². The molecule has 0 aliphatic heterocycles. The third kappa shape index (κ3) is 3.06. The molecule has 0 spiro atoms. The predicted octanol–water partition coefficient (Wildman–Crippen LogP) is 3.19. The minimum absolute atomic E-state index is 0.0361. The van der Waals surface area contributed by atoms with Crippen LogP contribution in [0.1, 0.15) is 38.1 Å². The number of hydrogen-bond acceptors (Lipinski definition) is 2.